The van der Waals surface area contributed by atoms with E-state index >= 15 is 0 Å². The Morgan fingerprint density at radius 1 is 0.525 bits per heavy atom. The monoisotopic (exact) mass is 1160 g/mol. The molecule has 6 aromatic rings. The van der Waals surface area contributed by atoms with E-state index in [1.807, 2.05) is 46.6 Å². The van der Waals surface area contributed by atoms with Gasteiger partial charge in [0, 0.05) is 0 Å². The number of nitrogens with two attached hydrogens (primary N) is 1. The number of halogens is 1. The van der Waals surface area contributed by atoms with Crippen molar-refractivity contribution in [1.82, 2.24) is 26.5 Å². The number of hydrogen-bond acceptors (Lipinski definition) is 23. The number of nitrogens with zero attached hydrogens (tertiary/aromatic N) is 7. The molecule has 80 heavy (non-hydrogen) atoms. The molecule has 0 unspecified atom stereocenters. The molecule has 412 valence electrons. The molecule has 0 saturated carbocycles. The minimum Gasteiger partial charge on any atom is -0.496 e. The van der Waals surface area contributed by atoms with Gasteiger partial charge in [0.2, 0.25) is 0 Å². The van der Waals surface area contributed by atoms with Crippen molar-refractivity contribution in [2.75, 3.05) is 55.9 Å². The topological polar surface area (TPSA) is 396 Å². The average Bonchev–Trinajstić information content (AvgIpc) is 4.01. The molecule has 0 aliphatic carbocycles. The highest BCUT2D eigenvalue weighted by Gasteiger charge is 2.21. The second-order valence-electron chi connectivity index (χ2n) is 14.3. The number of esters is 3. The summed E-state index contributed by atoms with van der Waals surface area (Å²) in [4.78, 5) is 68.2. The number of carbonyl (C=O) groups is 6. The number of hydrogen-bond donors (Lipinski definition) is 4. The number of benzene rings is 5. The molecule has 0 bridgehead atoms. The SMILES string of the molecule is CCOC(=O)C(=O)NNC(=O)c1cc(C#N)ccc1OC.CCOC(=O)c1nnc(-c2cc(C#N)ccc2OC)o1.COC(=O)c1cc(C#N)ccc1OC.COc1ccc(C#N)cc1Br.COc1ccc(C#N)cc1C(=O)NN. The predicted molar refractivity (Wildman–Crippen MR) is 281 cm³/mol. The summed E-state index contributed by atoms with van der Waals surface area (Å²) in [6, 6.07) is 33.0. The molecule has 6 rings (SSSR count). The first kappa shape index (κ1) is 65.1. The van der Waals surface area contributed by atoms with Crippen LogP contribution in [0.3, 0.4) is 0 Å². The highest BCUT2D eigenvalue weighted by atomic mass is 79.9. The van der Waals surface area contributed by atoms with E-state index in [0.29, 0.717) is 45.1 Å². The summed E-state index contributed by atoms with van der Waals surface area (Å²) in [5.41, 5.74) is 8.96. The van der Waals surface area contributed by atoms with E-state index in [2.05, 4.69) is 35.6 Å². The van der Waals surface area contributed by atoms with Crippen molar-refractivity contribution in [3.63, 3.8) is 0 Å². The molecule has 3 amide bonds. The van der Waals surface area contributed by atoms with Crippen LogP contribution in [-0.2, 0) is 23.8 Å². The summed E-state index contributed by atoms with van der Waals surface area (Å²) in [5.74, 6) is 2.37. The van der Waals surface area contributed by atoms with Crippen LogP contribution in [0.25, 0.3) is 11.5 Å². The number of hydrazine groups is 2. The molecule has 1 heterocycles. The maximum absolute atomic E-state index is 11.9. The number of rotatable bonds is 12. The van der Waals surface area contributed by atoms with Gasteiger partial charge < -0.3 is 42.3 Å². The van der Waals surface area contributed by atoms with Crippen LogP contribution in [-0.4, -0.2) is 102 Å². The Morgan fingerprint density at radius 3 is 1.36 bits per heavy atom. The minimum atomic E-state index is -1.12. The Balaban J connectivity index is 0.000000348. The van der Waals surface area contributed by atoms with Gasteiger partial charge in [0.1, 0.15) is 34.3 Å². The molecule has 5 N–H and O–H groups in total. The molecule has 0 atom stereocenters. The Hall–Kier alpha value is -11.1. The third-order valence-corrected chi connectivity index (χ3v) is 10.1. The van der Waals surface area contributed by atoms with Crippen LogP contribution < -0.4 is 45.8 Å². The van der Waals surface area contributed by atoms with E-state index in [9.17, 15) is 28.8 Å². The average molecular weight is 1160 g/mol. The zero-order valence-electron chi connectivity index (χ0n) is 43.8. The van der Waals surface area contributed by atoms with Gasteiger partial charge in [-0.05, 0) is 121 Å². The summed E-state index contributed by atoms with van der Waals surface area (Å²) < 4.78 is 44.8. The van der Waals surface area contributed by atoms with Crippen LogP contribution in [0, 0.1) is 56.7 Å². The molecule has 26 nitrogen and oxygen atoms in total. The van der Waals surface area contributed by atoms with E-state index in [1.54, 1.807) is 81.6 Å². The van der Waals surface area contributed by atoms with Crippen LogP contribution >= 0.6 is 15.9 Å². The lowest BCUT2D eigenvalue weighted by Gasteiger charge is -2.10. The summed E-state index contributed by atoms with van der Waals surface area (Å²) in [6.07, 6.45) is 0. The molecule has 0 spiro atoms. The Bertz CT molecular complexity index is 3310. The summed E-state index contributed by atoms with van der Waals surface area (Å²) in [5, 5.41) is 50.9. The number of carbonyl (C=O) groups excluding carboxylic acids is 6. The van der Waals surface area contributed by atoms with Gasteiger partial charge in [0.25, 0.3) is 17.7 Å². The fourth-order valence-electron chi connectivity index (χ4n) is 5.75. The lowest BCUT2D eigenvalue weighted by molar-refractivity contribution is -0.154. The number of aromatic nitrogens is 2. The van der Waals surface area contributed by atoms with Gasteiger partial charge in [-0.15, -0.1) is 10.2 Å². The Kier molecular flexibility index (Phi) is 28.1. The third kappa shape index (κ3) is 19.6. The Morgan fingerprint density at radius 2 is 0.938 bits per heavy atom. The molecule has 5 aromatic carbocycles. The third-order valence-electron chi connectivity index (χ3n) is 9.48. The summed E-state index contributed by atoms with van der Waals surface area (Å²) in [7, 11) is 8.60. The molecule has 0 fully saturated rings. The number of methoxy groups -OCH3 is 6. The van der Waals surface area contributed by atoms with Crippen molar-refractivity contribution in [2.24, 2.45) is 5.84 Å². The van der Waals surface area contributed by atoms with Crippen molar-refractivity contribution in [1.29, 1.82) is 26.3 Å². The maximum atomic E-state index is 11.9. The van der Waals surface area contributed by atoms with Crippen LogP contribution in [0.4, 0.5) is 0 Å². The lowest BCUT2D eigenvalue weighted by Crippen LogP contribution is -2.45. The number of nitrogen functional groups attached to an aromatic ring is 1. The molecule has 27 heteroatoms. The molecule has 0 saturated heterocycles. The minimum absolute atomic E-state index is 0.0399. The fraction of sp³-hybridized carbons (Fsp3) is 0.189. The van der Waals surface area contributed by atoms with Crippen LogP contribution in [0.2, 0.25) is 0 Å². The van der Waals surface area contributed by atoms with E-state index in [0.717, 1.165) is 10.2 Å². The first-order valence-corrected chi connectivity index (χ1v) is 23.2. The standard InChI is InChI=1S/C13H13N3O5.C13H11N3O4.C10H9NO3.C9H9N3O2.C8H6BrNO/c1-3-21-13(19)12(18)16-15-11(17)9-6-8(7-14)4-5-10(9)20-2;1-3-19-13(17)12-16-15-11(20-12)9-6-8(7-14)4-5-10(9)18-2;1-13-9-4-3-7(6-11)5-8(9)10(12)14-2;1-14-8-3-2-6(5-10)4-7(8)9(13)12-11;1-11-8-3-2-6(5-10)4-7(8)9/h4-6H,3H2,1-2H3,(H,15,17)(H,16,18);4-6H,3H2,1-2H3;3-5H,1-2H3;2-4H,11H2,1H3,(H,12,13);2-4H,1H3. The quantitative estimate of drug-likeness (QED) is 0.0292. The number of nitrogens with one attached hydrogen (secondary N) is 3. The van der Waals surface area contributed by atoms with E-state index in [4.69, 9.17) is 65.0 Å². The highest BCUT2D eigenvalue weighted by Crippen LogP contribution is 2.30. The van der Waals surface area contributed by atoms with Crippen molar-refractivity contribution >= 4 is 51.6 Å². The summed E-state index contributed by atoms with van der Waals surface area (Å²) >= 11 is 3.27. The molecular formula is C53H48BrN11O15. The van der Waals surface area contributed by atoms with Crippen molar-refractivity contribution in [3.05, 3.63) is 146 Å². The second-order valence-corrected chi connectivity index (χ2v) is 15.1. The largest absolute Gasteiger partial charge is 0.496 e. The van der Waals surface area contributed by atoms with E-state index in [1.165, 1.54) is 65.9 Å². The zero-order valence-corrected chi connectivity index (χ0v) is 45.4. The molecule has 0 radical (unpaired) electrons. The smallest absolute Gasteiger partial charge is 0.398 e. The first-order chi connectivity index (χ1) is 38.4. The van der Waals surface area contributed by atoms with E-state index < -0.39 is 35.6 Å². The lowest BCUT2D eigenvalue weighted by atomic mass is 10.1. The van der Waals surface area contributed by atoms with Gasteiger partial charge >= 0.3 is 29.7 Å². The van der Waals surface area contributed by atoms with Crippen LogP contribution in [0.15, 0.2) is 99.9 Å². The van der Waals surface area contributed by atoms with Crippen molar-refractivity contribution in [3.8, 4) is 70.5 Å². The van der Waals surface area contributed by atoms with Crippen molar-refractivity contribution < 1.29 is 71.1 Å². The summed E-state index contributed by atoms with van der Waals surface area (Å²) in [6.45, 7) is 3.47. The van der Waals surface area contributed by atoms with E-state index in [-0.39, 0.29) is 53.0 Å². The molecule has 0 aliphatic heterocycles. The van der Waals surface area contributed by atoms with Crippen LogP contribution in [0.5, 0.6) is 28.7 Å². The zero-order chi connectivity index (χ0) is 59.7. The fourth-order valence-corrected chi connectivity index (χ4v) is 6.29. The molecular weight excluding hydrogens is 1110 g/mol. The maximum Gasteiger partial charge on any atom is 0.398 e. The van der Waals surface area contributed by atoms with Gasteiger partial charge in [0.05, 0.1) is 135 Å². The molecule has 1 aromatic heterocycles. The highest BCUT2D eigenvalue weighted by molar-refractivity contribution is 9.10. The van der Waals surface area contributed by atoms with Crippen LogP contribution in [0.1, 0.15) is 83.4 Å². The number of nitriles is 5. The normalized spacial score (nSPS) is 9.21. The predicted octanol–water partition coefficient (Wildman–Crippen LogP) is 5.54. The van der Waals surface area contributed by atoms with Crippen molar-refractivity contribution in [2.45, 2.75) is 13.8 Å². The van der Waals surface area contributed by atoms with Gasteiger partial charge in [-0.3, -0.25) is 30.7 Å². The number of ether oxygens (including phenoxy) is 8. The second kappa shape index (κ2) is 34.5. The number of amides is 3. The van der Waals surface area contributed by atoms with Gasteiger partial charge in [-0.2, -0.15) is 26.3 Å². The first-order valence-electron chi connectivity index (χ1n) is 22.4. The van der Waals surface area contributed by atoms with Gasteiger partial charge in [0.15, 0.2) is 0 Å². The van der Waals surface area contributed by atoms with Gasteiger partial charge in [-0.1, -0.05) is 0 Å². The molecule has 0 aliphatic rings. The van der Waals surface area contributed by atoms with Gasteiger partial charge in [-0.25, -0.2) is 20.2 Å². The Labute approximate surface area is 465 Å².